The lowest BCUT2D eigenvalue weighted by molar-refractivity contribution is 0.269. The van der Waals surface area contributed by atoms with Gasteiger partial charge in [-0.05, 0) is 104 Å². The first-order valence-corrected chi connectivity index (χ1v) is 19.7. The van der Waals surface area contributed by atoms with Crippen molar-refractivity contribution in [3.05, 3.63) is 211 Å². The van der Waals surface area contributed by atoms with Gasteiger partial charge in [0, 0.05) is 28.1 Å². The predicted octanol–water partition coefficient (Wildman–Crippen LogP) is 14.7. The fourth-order valence-corrected chi connectivity index (χ4v) is 9.31. The van der Waals surface area contributed by atoms with Crippen LogP contribution in [0, 0.1) is 0 Å². The highest BCUT2D eigenvalue weighted by molar-refractivity contribution is 6.14. The number of rotatable bonds is 5. The molecule has 3 nitrogen and oxygen atoms in total. The van der Waals surface area contributed by atoms with E-state index in [9.17, 15) is 0 Å². The summed E-state index contributed by atoms with van der Waals surface area (Å²) in [4.78, 5) is 2.41. The lowest BCUT2D eigenvalue weighted by atomic mass is 9.85. The Kier molecular flexibility index (Phi) is 7.05. The van der Waals surface area contributed by atoms with Crippen LogP contribution in [0.25, 0.3) is 71.0 Å². The molecule has 0 spiro atoms. The number of hydrogen-bond acceptors (Lipinski definition) is 3. The molecule has 10 aromatic rings. The van der Waals surface area contributed by atoms with Crippen LogP contribution in [-0.4, -0.2) is 6.10 Å². The Morgan fingerprint density at radius 2 is 1.16 bits per heavy atom. The molecule has 1 aliphatic carbocycles. The average Bonchev–Trinajstić information content (AvgIpc) is 3.84. The smallest absolute Gasteiger partial charge is 0.137 e. The normalized spacial score (nSPS) is 15.9. The third kappa shape index (κ3) is 5.06. The van der Waals surface area contributed by atoms with Crippen molar-refractivity contribution in [2.75, 3.05) is 4.90 Å². The van der Waals surface area contributed by atoms with E-state index in [-0.39, 0.29) is 12.0 Å². The molecule has 9 aromatic carbocycles. The summed E-state index contributed by atoms with van der Waals surface area (Å²) in [7, 11) is 0. The van der Waals surface area contributed by atoms with E-state index < -0.39 is 0 Å². The van der Waals surface area contributed by atoms with Gasteiger partial charge in [-0.25, -0.2) is 0 Å². The van der Waals surface area contributed by atoms with Crippen LogP contribution in [0.15, 0.2) is 205 Å². The molecule has 2 aliphatic rings. The van der Waals surface area contributed by atoms with Crippen LogP contribution in [0.1, 0.15) is 17.0 Å². The van der Waals surface area contributed by atoms with Crippen LogP contribution < -0.4 is 9.64 Å². The fourth-order valence-electron chi connectivity index (χ4n) is 9.31. The zero-order valence-electron chi connectivity index (χ0n) is 31.0. The van der Waals surface area contributed by atoms with Crippen molar-refractivity contribution in [3.63, 3.8) is 0 Å². The highest BCUT2D eigenvalue weighted by atomic mass is 16.5. The Hall–Kier alpha value is -7.36. The van der Waals surface area contributed by atoms with Gasteiger partial charge in [-0.1, -0.05) is 146 Å². The van der Waals surface area contributed by atoms with Gasteiger partial charge in [0.05, 0.1) is 16.8 Å². The maximum absolute atomic E-state index is 6.54. The predicted molar refractivity (Wildman–Crippen MR) is 237 cm³/mol. The third-order valence-electron chi connectivity index (χ3n) is 12.0. The van der Waals surface area contributed by atoms with E-state index in [1.165, 1.54) is 54.6 Å². The Balaban J connectivity index is 1.03. The molecule has 0 fully saturated rings. The number of hydrogen-bond donors (Lipinski definition) is 0. The molecular weight excluding hydrogens is 695 g/mol. The van der Waals surface area contributed by atoms with Crippen LogP contribution in [0.3, 0.4) is 0 Å². The Morgan fingerprint density at radius 3 is 2.05 bits per heavy atom. The molecule has 268 valence electrons. The van der Waals surface area contributed by atoms with Crippen molar-refractivity contribution >= 4 is 76.9 Å². The van der Waals surface area contributed by atoms with Gasteiger partial charge in [-0.2, -0.15) is 0 Å². The Morgan fingerprint density at radius 1 is 0.474 bits per heavy atom. The maximum atomic E-state index is 6.54. The van der Waals surface area contributed by atoms with Gasteiger partial charge in [0.25, 0.3) is 0 Å². The summed E-state index contributed by atoms with van der Waals surface area (Å²) in [5, 5.41) is 9.66. The number of fused-ring (bicyclic) bond motifs is 10. The molecule has 0 saturated carbocycles. The van der Waals surface area contributed by atoms with E-state index in [0.717, 1.165) is 50.3 Å². The molecule has 0 amide bonds. The second-order valence-corrected chi connectivity index (χ2v) is 15.2. The van der Waals surface area contributed by atoms with E-state index in [0.29, 0.717) is 0 Å². The van der Waals surface area contributed by atoms with Crippen molar-refractivity contribution in [2.24, 2.45) is 0 Å². The van der Waals surface area contributed by atoms with Crippen LogP contribution in [0.2, 0.25) is 0 Å². The number of para-hydroxylation sites is 2. The summed E-state index contributed by atoms with van der Waals surface area (Å²) in [6.45, 7) is 0. The summed E-state index contributed by atoms with van der Waals surface area (Å²) in [6.07, 6.45) is 6.85. The van der Waals surface area contributed by atoms with Crippen LogP contribution in [0.4, 0.5) is 17.1 Å². The van der Waals surface area contributed by atoms with Gasteiger partial charge in [0.15, 0.2) is 0 Å². The van der Waals surface area contributed by atoms with Crippen LogP contribution >= 0.6 is 0 Å². The number of allylic oxidation sites excluding steroid dienone is 2. The number of furan rings is 1. The van der Waals surface area contributed by atoms with E-state index in [4.69, 9.17) is 9.15 Å². The number of anilines is 3. The largest absolute Gasteiger partial charge is 0.485 e. The van der Waals surface area contributed by atoms with E-state index >= 15 is 0 Å². The molecule has 0 bridgehead atoms. The molecule has 2 heterocycles. The molecular formula is C54H35NO2. The first-order valence-electron chi connectivity index (χ1n) is 19.7. The first-order chi connectivity index (χ1) is 28.2. The average molecular weight is 730 g/mol. The molecule has 0 N–H and O–H groups in total. The SMILES string of the molecule is C1=CC2Oc3cc4ccccc4cc3C2C=C1c1ccccc1N(c1ccc(-c2cccc3c2ccc2ccccc23)cc1)c1cccc2oc3ccccc3c12. The van der Waals surface area contributed by atoms with E-state index in [2.05, 4.69) is 199 Å². The molecule has 57 heavy (non-hydrogen) atoms. The molecule has 0 radical (unpaired) electrons. The van der Waals surface area contributed by atoms with E-state index in [1.807, 2.05) is 6.07 Å². The molecule has 0 saturated heterocycles. The van der Waals surface area contributed by atoms with Crippen molar-refractivity contribution in [1.29, 1.82) is 0 Å². The minimum Gasteiger partial charge on any atom is -0.485 e. The summed E-state index contributed by atoms with van der Waals surface area (Å²) in [5.41, 5.74) is 10.9. The number of benzene rings is 9. The zero-order chi connectivity index (χ0) is 37.5. The van der Waals surface area contributed by atoms with E-state index in [1.54, 1.807) is 0 Å². The molecule has 2 unspecified atom stereocenters. The fraction of sp³-hybridized carbons (Fsp3) is 0.0370. The number of ether oxygens (including phenoxy) is 1. The highest BCUT2D eigenvalue weighted by Gasteiger charge is 2.34. The molecule has 2 atom stereocenters. The topological polar surface area (TPSA) is 25.6 Å². The minimum absolute atomic E-state index is 0.0329. The Bertz CT molecular complexity index is 3300. The van der Waals surface area contributed by atoms with Crippen molar-refractivity contribution in [3.8, 4) is 16.9 Å². The van der Waals surface area contributed by atoms with Crippen molar-refractivity contribution in [1.82, 2.24) is 0 Å². The third-order valence-corrected chi connectivity index (χ3v) is 12.0. The van der Waals surface area contributed by atoms with Gasteiger partial charge < -0.3 is 14.1 Å². The van der Waals surface area contributed by atoms with Gasteiger partial charge in [-0.15, -0.1) is 0 Å². The molecule has 1 aliphatic heterocycles. The Labute approximate surface area is 330 Å². The zero-order valence-corrected chi connectivity index (χ0v) is 31.0. The van der Waals surface area contributed by atoms with Crippen molar-refractivity contribution in [2.45, 2.75) is 12.0 Å². The first kappa shape index (κ1) is 31.9. The number of nitrogens with zero attached hydrogens (tertiary/aromatic N) is 1. The monoisotopic (exact) mass is 729 g/mol. The molecule has 12 rings (SSSR count). The second kappa shape index (κ2) is 12.6. The second-order valence-electron chi connectivity index (χ2n) is 15.2. The van der Waals surface area contributed by atoms with Crippen LogP contribution in [0.5, 0.6) is 5.75 Å². The summed E-state index contributed by atoms with van der Waals surface area (Å²) >= 11 is 0. The lowest BCUT2D eigenvalue weighted by Gasteiger charge is -2.29. The van der Waals surface area contributed by atoms with Gasteiger partial charge in [0.2, 0.25) is 0 Å². The molecule has 1 aromatic heterocycles. The summed E-state index contributed by atoms with van der Waals surface area (Å²) in [6, 6.07) is 65.4. The van der Waals surface area contributed by atoms with Gasteiger partial charge in [0.1, 0.15) is 23.0 Å². The van der Waals surface area contributed by atoms with Crippen molar-refractivity contribution < 1.29 is 9.15 Å². The quantitative estimate of drug-likeness (QED) is 0.165. The maximum Gasteiger partial charge on any atom is 0.137 e. The minimum atomic E-state index is -0.0329. The standard InChI is InChI=1S/C54H35NO2/c1-2-13-37-33-53-47(31-36(37)12-1)46-32-38(26-30-51(46)57-53)42-15-5-7-19-48(42)55(49-20-10-22-52-54(49)45-16-6-8-21-50(45)56-52)39-27-23-35(24-28-39)41-17-9-18-43-40-14-4-3-11-34(40)25-29-44(41)43/h1-33,46,51H. The summed E-state index contributed by atoms with van der Waals surface area (Å²) < 4.78 is 13.0. The lowest BCUT2D eigenvalue weighted by Crippen LogP contribution is -2.18. The van der Waals surface area contributed by atoms with Gasteiger partial charge in [-0.3, -0.25) is 0 Å². The van der Waals surface area contributed by atoms with Crippen LogP contribution in [-0.2, 0) is 0 Å². The molecule has 3 heteroatoms. The highest BCUT2D eigenvalue weighted by Crippen LogP contribution is 2.49. The van der Waals surface area contributed by atoms with Gasteiger partial charge >= 0.3 is 0 Å². The summed E-state index contributed by atoms with van der Waals surface area (Å²) in [5.74, 6) is 1.09.